The van der Waals surface area contributed by atoms with Crippen LogP contribution in [0.1, 0.15) is 11.9 Å². The van der Waals surface area contributed by atoms with Crippen molar-refractivity contribution in [2.45, 2.75) is 24.4 Å². The van der Waals surface area contributed by atoms with Crippen molar-refractivity contribution in [3.05, 3.63) is 10.5 Å². The van der Waals surface area contributed by atoms with E-state index >= 15 is 0 Å². The Bertz CT molecular complexity index is 701. The first-order valence-electron chi connectivity index (χ1n) is 5.89. The number of fused-ring (bicyclic) bond motifs is 1. The van der Waals surface area contributed by atoms with Crippen LogP contribution in [0.25, 0.3) is 11.2 Å². The van der Waals surface area contributed by atoms with Gasteiger partial charge in [-0.2, -0.15) is 0 Å². The molecule has 9 nitrogen and oxygen atoms in total. The van der Waals surface area contributed by atoms with Crippen molar-refractivity contribution in [3.63, 3.8) is 0 Å². The molecular formula is C10H13N5O4S. The number of hydrogen-bond donors (Lipinski definition) is 6. The normalized spacial score (nSPS) is 30.1. The zero-order chi connectivity index (χ0) is 14.4. The van der Waals surface area contributed by atoms with Crippen molar-refractivity contribution >= 4 is 29.3 Å². The fourth-order valence-corrected chi connectivity index (χ4v) is 2.46. The molecule has 20 heavy (non-hydrogen) atoms. The zero-order valence-corrected chi connectivity index (χ0v) is 11.0. The Morgan fingerprint density at radius 1 is 1.25 bits per heavy atom. The maximum absolute atomic E-state index is 9.94. The van der Waals surface area contributed by atoms with Gasteiger partial charge in [-0.3, -0.25) is 0 Å². The van der Waals surface area contributed by atoms with E-state index in [4.69, 9.17) is 27.8 Å². The number of anilines is 1. The summed E-state index contributed by atoms with van der Waals surface area (Å²) in [6.07, 6.45) is -4.14. The Kier molecular flexibility index (Phi) is 3.18. The van der Waals surface area contributed by atoms with Crippen LogP contribution in [0.5, 0.6) is 0 Å². The van der Waals surface area contributed by atoms with E-state index in [-0.39, 0.29) is 16.4 Å². The lowest BCUT2D eigenvalue weighted by Gasteiger charge is -2.11. The molecule has 3 rings (SSSR count). The van der Waals surface area contributed by atoms with Crippen LogP contribution >= 0.6 is 12.2 Å². The SMILES string of the molecule is Nc1nc(=S)c2[nH]c([C@H]3O[C@@H](CO)[C@H](O)[C@@H]3O)nc2[nH]1. The number of nitrogens with zero attached hydrogens (tertiary/aromatic N) is 2. The summed E-state index contributed by atoms with van der Waals surface area (Å²) >= 11 is 5.05. The predicted octanol–water partition coefficient (Wildman–Crippen LogP) is -1.25. The van der Waals surface area contributed by atoms with Gasteiger partial charge in [0, 0.05) is 0 Å². The Balaban J connectivity index is 2.03. The smallest absolute Gasteiger partial charge is 0.200 e. The number of rotatable bonds is 2. The number of nitrogen functional groups attached to an aromatic ring is 1. The minimum absolute atomic E-state index is 0.127. The second kappa shape index (κ2) is 4.75. The first-order valence-corrected chi connectivity index (χ1v) is 6.30. The third-order valence-electron chi connectivity index (χ3n) is 3.22. The van der Waals surface area contributed by atoms with Crippen LogP contribution in [-0.2, 0) is 4.74 Å². The molecule has 0 bridgehead atoms. The minimum atomic E-state index is -1.20. The first kappa shape index (κ1) is 13.4. The lowest BCUT2D eigenvalue weighted by Crippen LogP contribution is -2.32. The quantitative estimate of drug-likeness (QED) is 0.376. The second-order valence-corrected chi connectivity index (χ2v) is 4.92. The van der Waals surface area contributed by atoms with Crippen LogP contribution < -0.4 is 5.73 Å². The topological polar surface area (TPSA) is 153 Å². The van der Waals surface area contributed by atoms with Crippen LogP contribution in [0.15, 0.2) is 0 Å². The van der Waals surface area contributed by atoms with Crippen LogP contribution in [-0.4, -0.2) is 60.2 Å². The number of aromatic amines is 2. The van der Waals surface area contributed by atoms with E-state index in [2.05, 4.69) is 19.9 Å². The Morgan fingerprint density at radius 2 is 2.00 bits per heavy atom. The molecule has 10 heteroatoms. The van der Waals surface area contributed by atoms with Gasteiger partial charge in [0.05, 0.1) is 6.61 Å². The minimum Gasteiger partial charge on any atom is -0.394 e. The second-order valence-electron chi connectivity index (χ2n) is 4.53. The van der Waals surface area contributed by atoms with Gasteiger partial charge in [0.15, 0.2) is 10.3 Å². The third-order valence-corrected chi connectivity index (χ3v) is 3.51. The number of ether oxygens (including phenoxy) is 1. The number of aromatic nitrogens is 4. The molecule has 0 amide bonds. The van der Waals surface area contributed by atoms with E-state index in [1.807, 2.05) is 0 Å². The van der Waals surface area contributed by atoms with Crippen molar-refractivity contribution in [3.8, 4) is 0 Å². The maximum atomic E-state index is 9.94. The lowest BCUT2D eigenvalue weighted by molar-refractivity contribution is -0.0249. The summed E-state index contributed by atoms with van der Waals surface area (Å²) in [6, 6.07) is 0. The molecule has 3 heterocycles. The highest BCUT2D eigenvalue weighted by Gasteiger charge is 2.44. The average Bonchev–Trinajstić information content (AvgIpc) is 2.93. The molecule has 0 unspecified atom stereocenters. The molecule has 2 aromatic heterocycles. The molecule has 7 N–H and O–H groups in total. The van der Waals surface area contributed by atoms with Crippen molar-refractivity contribution in [2.24, 2.45) is 0 Å². The molecular weight excluding hydrogens is 286 g/mol. The van der Waals surface area contributed by atoms with Crippen LogP contribution in [0, 0.1) is 4.64 Å². The van der Waals surface area contributed by atoms with Gasteiger partial charge in [0.25, 0.3) is 0 Å². The summed E-state index contributed by atoms with van der Waals surface area (Å²) in [4.78, 5) is 13.7. The molecule has 1 aliphatic heterocycles. The monoisotopic (exact) mass is 299 g/mol. The van der Waals surface area contributed by atoms with Crippen molar-refractivity contribution in [1.82, 2.24) is 19.9 Å². The van der Waals surface area contributed by atoms with E-state index in [1.54, 1.807) is 0 Å². The standard InChI is InChI=1S/C10H13N5O4S/c11-10-14-7-3(9(20)15-10)12-8(13-7)6-5(18)4(17)2(1-16)19-6/h2,4-6,16-18H,1H2,(H4,11,12,13,14,15,20)/t2-,4-,5-,6-/m0/s1. The highest BCUT2D eigenvalue weighted by Crippen LogP contribution is 2.32. The lowest BCUT2D eigenvalue weighted by atomic mass is 10.1. The largest absolute Gasteiger partial charge is 0.394 e. The molecule has 4 atom stereocenters. The van der Waals surface area contributed by atoms with Gasteiger partial charge in [-0.25, -0.2) is 9.97 Å². The number of imidazole rings is 1. The summed E-state index contributed by atoms with van der Waals surface area (Å²) in [6.45, 7) is -0.401. The van der Waals surface area contributed by atoms with E-state index in [0.29, 0.717) is 11.2 Å². The van der Waals surface area contributed by atoms with Crippen LogP contribution in [0.3, 0.4) is 0 Å². The first-order chi connectivity index (χ1) is 9.51. The van der Waals surface area contributed by atoms with Crippen molar-refractivity contribution in [1.29, 1.82) is 0 Å². The Morgan fingerprint density at radius 3 is 2.65 bits per heavy atom. The summed E-state index contributed by atoms with van der Waals surface area (Å²) in [5, 5.41) is 28.7. The molecule has 0 saturated carbocycles. The third kappa shape index (κ3) is 1.98. The molecule has 0 aliphatic carbocycles. The predicted molar refractivity (Wildman–Crippen MR) is 70.2 cm³/mol. The van der Waals surface area contributed by atoms with Gasteiger partial charge in [-0.1, -0.05) is 12.2 Å². The number of aliphatic hydroxyl groups excluding tert-OH is 3. The zero-order valence-electron chi connectivity index (χ0n) is 10.1. The van der Waals surface area contributed by atoms with E-state index in [9.17, 15) is 10.2 Å². The molecule has 2 aromatic rings. The number of nitrogens with one attached hydrogen (secondary N) is 2. The molecule has 0 aromatic carbocycles. The van der Waals surface area contributed by atoms with Crippen molar-refractivity contribution in [2.75, 3.05) is 12.3 Å². The fraction of sp³-hybridized carbons (Fsp3) is 0.500. The molecule has 0 spiro atoms. The summed E-state index contributed by atoms with van der Waals surface area (Å²) in [5.74, 6) is 0.402. The van der Waals surface area contributed by atoms with Gasteiger partial charge >= 0.3 is 0 Å². The highest BCUT2D eigenvalue weighted by molar-refractivity contribution is 7.71. The summed E-state index contributed by atoms with van der Waals surface area (Å²) in [7, 11) is 0. The average molecular weight is 299 g/mol. The molecule has 0 radical (unpaired) electrons. The number of nitrogens with two attached hydrogens (primary N) is 1. The number of H-pyrrole nitrogens is 2. The van der Waals surface area contributed by atoms with Crippen LogP contribution in [0.2, 0.25) is 0 Å². The molecule has 1 fully saturated rings. The van der Waals surface area contributed by atoms with Crippen LogP contribution in [0.4, 0.5) is 5.95 Å². The van der Waals surface area contributed by atoms with E-state index in [0.717, 1.165) is 0 Å². The number of aliphatic hydroxyl groups is 3. The summed E-state index contributed by atoms with van der Waals surface area (Å²) < 4.78 is 5.62. The Labute approximate surface area is 117 Å². The summed E-state index contributed by atoms with van der Waals surface area (Å²) in [5.41, 5.74) is 6.38. The van der Waals surface area contributed by atoms with Gasteiger partial charge in [-0.15, -0.1) is 0 Å². The fourth-order valence-electron chi connectivity index (χ4n) is 2.21. The van der Waals surface area contributed by atoms with Crippen molar-refractivity contribution < 1.29 is 20.1 Å². The molecule has 1 saturated heterocycles. The Hall–Kier alpha value is -1.59. The van der Waals surface area contributed by atoms with Gasteiger partial charge in [0.2, 0.25) is 5.95 Å². The molecule has 1 aliphatic rings. The van der Waals surface area contributed by atoms with E-state index < -0.39 is 31.0 Å². The highest BCUT2D eigenvalue weighted by atomic mass is 32.1. The maximum Gasteiger partial charge on any atom is 0.200 e. The number of hydrogen-bond acceptors (Lipinski definition) is 8. The molecule has 108 valence electrons. The van der Waals surface area contributed by atoms with E-state index in [1.165, 1.54) is 0 Å². The van der Waals surface area contributed by atoms with Gasteiger partial charge < -0.3 is 35.8 Å². The van der Waals surface area contributed by atoms with Gasteiger partial charge in [0.1, 0.15) is 35.8 Å². The van der Waals surface area contributed by atoms with Gasteiger partial charge in [-0.05, 0) is 0 Å².